The van der Waals surface area contributed by atoms with Crippen molar-refractivity contribution in [3.8, 4) is 0 Å². The molecule has 0 N–H and O–H groups in total. The average molecular weight is 436 g/mol. The van der Waals surface area contributed by atoms with Crippen molar-refractivity contribution < 1.29 is 32.3 Å². The number of esters is 1. The van der Waals surface area contributed by atoms with E-state index in [2.05, 4.69) is 0 Å². The van der Waals surface area contributed by atoms with Gasteiger partial charge < -0.3 is 9.64 Å². The first-order valence-electron chi connectivity index (χ1n) is 9.59. The zero-order chi connectivity index (χ0) is 22.8. The van der Waals surface area contributed by atoms with Crippen LogP contribution in [0.1, 0.15) is 33.8 Å². The zero-order valence-corrected chi connectivity index (χ0v) is 17.3. The van der Waals surface area contributed by atoms with E-state index in [9.17, 15) is 22.8 Å². The Bertz CT molecular complexity index is 929. The number of benzene rings is 2. The number of alkyl halides is 3. The summed E-state index contributed by atoms with van der Waals surface area (Å²) >= 11 is 0. The fourth-order valence-corrected chi connectivity index (χ4v) is 3.75. The standard InChI is InChI=1S/C22H23F3N2O4/c1-26(31-3)20(28)19-12-16(14-4-8-17(9-5-14)22(23,24)25)13-27(19)18-10-6-15(7-11-18)21(29)30-2/h4-11,16,19H,12-13H2,1-3H3/t16?,19-/m0/s1. The third-order valence-corrected chi connectivity index (χ3v) is 5.50. The number of nitrogens with zero attached hydrogens (tertiary/aromatic N) is 2. The molecule has 1 amide bonds. The van der Waals surface area contributed by atoms with Gasteiger partial charge in [-0.2, -0.15) is 13.2 Å². The lowest BCUT2D eigenvalue weighted by Gasteiger charge is -2.28. The van der Waals surface area contributed by atoms with Crippen LogP contribution in [0.15, 0.2) is 48.5 Å². The van der Waals surface area contributed by atoms with Crippen molar-refractivity contribution in [2.75, 3.05) is 32.7 Å². The summed E-state index contributed by atoms with van der Waals surface area (Å²) in [5.74, 6) is -0.891. The zero-order valence-electron chi connectivity index (χ0n) is 17.3. The Labute approximate surface area is 178 Å². The number of hydrogen-bond acceptors (Lipinski definition) is 5. The summed E-state index contributed by atoms with van der Waals surface area (Å²) in [6.45, 7) is 0.427. The number of methoxy groups -OCH3 is 1. The van der Waals surface area contributed by atoms with Crippen molar-refractivity contribution in [1.82, 2.24) is 5.06 Å². The lowest BCUT2D eigenvalue weighted by atomic mass is 9.95. The van der Waals surface area contributed by atoms with Gasteiger partial charge in [0.05, 0.1) is 25.3 Å². The summed E-state index contributed by atoms with van der Waals surface area (Å²) in [5, 5.41) is 1.13. The van der Waals surface area contributed by atoms with Gasteiger partial charge >= 0.3 is 12.1 Å². The van der Waals surface area contributed by atoms with Gasteiger partial charge in [-0.05, 0) is 48.4 Å². The second-order valence-corrected chi connectivity index (χ2v) is 7.28. The molecule has 2 atom stereocenters. The molecule has 2 aromatic carbocycles. The molecule has 0 spiro atoms. The van der Waals surface area contributed by atoms with Crippen LogP contribution in [-0.2, 0) is 20.5 Å². The Morgan fingerprint density at radius 1 is 1.03 bits per heavy atom. The number of hydrogen-bond donors (Lipinski definition) is 0. The number of amides is 1. The van der Waals surface area contributed by atoms with Gasteiger partial charge in [-0.25, -0.2) is 9.86 Å². The van der Waals surface area contributed by atoms with Gasteiger partial charge in [0.25, 0.3) is 5.91 Å². The van der Waals surface area contributed by atoms with Gasteiger partial charge in [-0.3, -0.25) is 9.63 Å². The maximum absolute atomic E-state index is 12.9. The molecule has 1 aliphatic heterocycles. The Hall–Kier alpha value is -3.07. The summed E-state index contributed by atoms with van der Waals surface area (Å²) in [6.07, 6.45) is -3.99. The number of likely N-dealkylation sites (N-methyl/N-ethyl adjacent to an activating group) is 1. The van der Waals surface area contributed by atoms with Gasteiger partial charge in [0.2, 0.25) is 0 Å². The number of rotatable bonds is 5. The average Bonchev–Trinajstić information content (AvgIpc) is 3.22. The van der Waals surface area contributed by atoms with Crippen LogP contribution in [0, 0.1) is 0 Å². The summed E-state index contributed by atoms with van der Waals surface area (Å²) in [7, 11) is 4.18. The van der Waals surface area contributed by atoms with Gasteiger partial charge in [-0.15, -0.1) is 0 Å². The van der Waals surface area contributed by atoms with Crippen LogP contribution < -0.4 is 4.90 Å². The summed E-state index contributed by atoms with van der Waals surface area (Å²) in [5.41, 5.74) is 1.10. The van der Waals surface area contributed by atoms with Gasteiger partial charge in [0.1, 0.15) is 6.04 Å². The van der Waals surface area contributed by atoms with E-state index in [4.69, 9.17) is 9.57 Å². The fourth-order valence-electron chi connectivity index (χ4n) is 3.75. The van der Waals surface area contributed by atoms with Crippen LogP contribution in [0.5, 0.6) is 0 Å². The Balaban J connectivity index is 1.89. The Kier molecular flexibility index (Phi) is 6.54. The van der Waals surface area contributed by atoms with E-state index < -0.39 is 23.8 Å². The predicted octanol–water partition coefficient (Wildman–Crippen LogP) is 3.87. The van der Waals surface area contributed by atoms with Crippen molar-refractivity contribution in [3.63, 3.8) is 0 Å². The van der Waals surface area contributed by atoms with Crippen LogP contribution in [0.2, 0.25) is 0 Å². The molecule has 1 heterocycles. The highest BCUT2D eigenvalue weighted by molar-refractivity contribution is 5.90. The van der Waals surface area contributed by atoms with E-state index in [1.54, 1.807) is 24.3 Å². The molecular formula is C22H23F3N2O4. The molecule has 1 fully saturated rings. The van der Waals surface area contributed by atoms with Crippen LogP contribution >= 0.6 is 0 Å². The molecule has 0 saturated carbocycles. The topological polar surface area (TPSA) is 59.1 Å². The molecule has 6 nitrogen and oxygen atoms in total. The minimum atomic E-state index is -4.40. The molecule has 0 aromatic heterocycles. The van der Waals surface area contributed by atoms with Crippen LogP contribution in [-0.4, -0.2) is 50.8 Å². The molecule has 2 aromatic rings. The summed E-state index contributed by atoms with van der Waals surface area (Å²) in [6, 6.07) is 11.1. The molecule has 166 valence electrons. The van der Waals surface area contributed by atoms with E-state index in [1.807, 2.05) is 4.90 Å². The SMILES string of the molecule is COC(=O)c1ccc(N2CC(c3ccc(C(F)(F)F)cc3)C[C@H]2C(=O)N(C)OC)cc1. The second-order valence-electron chi connectivity index (χ2n) is 7.28. The lowest BCUT2D eigenvalue weighted by molar-refractivity contribution is -0.170. The highest BCUT2D eigenvalue weighted by Crippen LogP contribution is 2.37. The van der Waals surface area contributed by atoms with Crippen LogP contribution in [0.25, 0.3) is 0 Å². The minimum absolute atomic E-state index is 0.151. The van der Waals surface area contributed by atoms with Crippen molar-refractivity contribution in [1.29, 1.82) is 0 Å². The summed E-state index contributed by atoms with van der Waals surface area (Å²) in [4.78, 5) is 31.5. The fraction of sp³-hybridized carbons (Fsp3) is 0.364. The quantitative estimate of drug-likeness (QED) is 0.526. The number of halogens is 3. The summed E-state index contributed by atoms with van der Waals surface area (Å²) < 4.78 is 43.4. The number of anilines is 1. The van der Waals surface area contributed by atoms with Gasteiger partial charge in [0.15, 0.2) is 0 Å². The maximum atomic E-state index is 12.9. The maximum Gasteiger partial charge on any atom is 0.416 e. The van der Waals surface area contributed by atoms with Crippen LogP contribution in [0.4, 0.5) is 18.9 Å². The van der Waals surface area contributed by atoms with Gasteiger partial charge in [0, 0.05) is 25.2 Å². The monoisotopic (exact) mass is 436 g/mol. The van der Waals surface area contributed by atoms with Crippen molar-refractivity contribution in [3.05, 3.63) is 65.2 Å². The molecule has 0 bridgehead atoms. The molecular weight excluding hydrogens is 413 g/mol. The first-order chi connectivity index (χ1) is 14.7. The normalized spacial score (nSPS) is 18.7. The first kappa shape index (κ1) is 22.6. The highest BCUT2D eigenvalue weighted by Gasteiger charge is 2.39. The first-order valence-corrected chi connectivity index (χ1v) is 9.59. The highest BCUT2D eigenvalue weighted by atomic mass is 19.4. The second kappa shape index (κ2) is 8.97. The van der Waals surface area contributed by atoms with Crippen molar-refractivity contribution in [2.45, 2.75) is 24.6 Å². The third-order valence-electron chi connectivity index (χ3n) is 5.50. The smallest absolute Gasteiger partial charge is 0.416 e. The van der Waals surface area contributed by atoms with Crippen LogP contribution in [0.3, 0.4) is 0 Å². The van der Waals surface area contributed by atoms with Crippen molar-refractivity contribution >= 4 is 17.6 Å². The third kappa shape index (κ3) is 4.82. The Morgan fingerprint density at radius 2 is 1.65 bits per heavy atom. The molecule has 1 unspecified atom stereocenters. The number of carbonyl (C=O) groups is 2. The lowest BCUT2D eigenvalue weighted by Crippen LogP contribution is -2.43. The molecule has 9 heteroatoms. The predicted molar refractivity (Wildman–Crippen MR) is 107 cm³/mol. The number of hydroxylamine groups is 2. The molecule has 0 aliphatic carbocycles. The van der Waals surface area contributed by atoms with E-state index in [0.29, 0.717) is 24.2 Å². The molecule has 1 saturated heterocycles. The largest absolute Gasteiger partial charge is 0.465 e. The molecule has 1 aliphatic rings. The van der Waals surface area contributed by atoms with E-state index in [0.717, 1.165) is 22.8 Å². The minimum Gasteiger partial charge on any atom is -0.465 e. The van der Waals surface area contributed by atoms with Crippen molar-refractivity contribution in [2.24, 2.45) is 0 Å². The van der Waals surface area contributed by atoms with E-state index >= 15 is 0 Å². The van der Waals surface area contributed by atoms with E-state index in [-0.39, 0.29) is 11.8 Å². The molecule has 3 rings (SSSR count). The molecule has 0 radical (unpaired) electrons. The van der Waals surface area contributed by atoms with Gasteiger partial charge in [-0.1, -0.05) is 12.1 Å². The number of ether oxygens (including phenoxy) is 1. The Morgan fingerprint density at radius 3 is 2.16 bits per heavy atom. The number of carbonyl (C=O) groups excluding carboxylic acids is 2. The van der Waals surface area contributed by atoms with E-state index in [1.165, 1.54) is 33.4 Å². The molecule has 31 heavy (non-hydrogen) atoms.